The molecule has 1 aliphatic heterocycles. The van der Waals surface area contributed by atoms with Crippen LogP contribution in [-0.2, 0) is 0 Å². The second-order valence-electron chi connectivity index (χ2n) is 8.30. The molecule has 0 aliphatic carbocycles. The molecule has 1 atom stereocenters. The van der Waals surface area contributed by atoms with Gasteiger partial charge >= 0.3 is 0 Å². The van der Waals surface area contributed by atoms with Crippen molar-refractivity contribution >= 4 is 17.3 Å². The average Bonchev–Trinajstić information content (AvgIpc) is 3.39. The lowest BCUT2D eigenvalue weighted by molar-refractivity contribution is 0.102. The maximum absolute atomic E-state index is 14.5. The smallest absolute Gasteiger partial charge is 0.274 e. The van der Waals surface area contributed by atoms with E-state index in [4.69, 9.17) is 4.74 Å². The Morgan fingerprint density at radius 2 is 1.94 bits per heavy atom. The Morgan fingerprint density at radius 1 is 1.06 bits per heavy atom. The van der Waals surface area contributed by atoms with Crippen LogP contribution in [0.1, 0.15) is 35.1 Å². The van der Waals surface area contributed by atoms with Gasteiger partial charge in [-0.1, -0.05) is 12.1 Å². The fraction of sp³-hybridized carbons (Fsp3) is 0.185. The quantitative estimate of drug-likeness (QED) is 0.391. The minimum absolute atomic E-state index is 0.00298. The maximum atomic E-state index is 14.5. The number of carbonyl (C=O) groups excluding carboxylic acids is 1. The Bertz CT molecular complexity index is 1400. The van der Waals surface area contributed by atoms with E-state index in [1.165, 1.54) is 43.6 Å². The maximum Gasteiger partial charge on any atom is 0.274 e. The van der Waals surface area contributed by atoms with E-state index in [9.17, 15) is 13.6 Å². The topological polar surface area (TPSA) is 80.2 Å². The van der Waals surface area contributed by atoms with Crippen molar-refractivity contribution in [3.05, 3.63) is 96.1 Å². The van der Waals surface area contributed by atoms with Gasteiger partial charge in [0.05, 0.1) is 35.8 Å². The average molecular weight is 488 g/mol. The molecule has 5 rings (SSSR count). The van der Waals surface area contributed by atoms with Crippen LogP contribution >= 0.6 is 0 Å². The molecule has 1 saturated heterocycles. The molecule has 9 heteroatoms. The van der Waals surface area contributed by atoms with Crippen molar-refractivity contribution in [2.24, 2.45) is 0 Å². The molecule has 1 fully saturated rings. The number of nitrogens with one attached hydrogen (secondary N) is 1. The fourth-order valence-corrected chi connectivity index (χ4v) is 4.48. The summed E-state index contributed by atoms with van der Waals surface area (Å²) in [5.41, 5.74) is 1.96. The summed E-state index contributed by atoms with van der Waals surface area (Å²) in [6.45, 7) is 0.737. The van der Waals surface area contributed by atoms with E-state index in [0.29, 0.717) is 11.4 Å². The summed E-state index contributed by atoms with van der Waals surface area (Å²) in [6.07, 6.45) is 4.94. The Morgan fingerprint density at radius 3 is 2.75 bits per heavy atom. The van der Waals surface area contributed by atoms with Crippen molar-refractivity contribution in [3.63, 3.8) is 0 Å². The molecule has 0 unspecified atom stereocenters. The Hall–Kier alpha value is -4.40. The molecule has 1 aliphatic rings. The SMILES string of the molecule is COc1cccc(F)c1-c1nccc(C(=O)Nc2cc(F)ccc2N2CCC[C@H]2c2ccccn2)n1. The number of methoxy groups -OCH3 is 1. The summed E-state index contributed by atoms with van der Waals surface area (Å²) in [7, 11) is 1.41. The van der Waals surface area contributed by atoms with Crippen LogP contribution in [0.5, 0.6) is 5.75 Å². The number of carbonyl (C=O) groups is 1. The second-order valence-corrected chi connectivity index (χ2v) is 8.30. The number of nitrogens with zero attached hydrogens (tertiary/aromatic N) is 4. The van der Waals surface area contributed by atoms with Gasteiger partial charge in [-0.2, -0.15) is 0 Å². The van der Waals surface area contributed by atoms with E-state index in [1.807, 2.05) is 18.2 Å². The molecule has 0 bridgehead atoms. The highest BCUT2D eigenvalue weighted by atomic mass is 19.1. The number of amides is 1. The molecule has 4 aromatic rings. The van der Waals surface area contributed by atoms with Gasteiger partial charge in [0.15, 0.2) is 5.82 Å². The van der Waals surface area contributed by atoms with E-state index in [2.05, 4.69) is 25.2 Å². The third-order valence-corrected chi connectivity index (χ3v) is 6.11. The summed E-state index contributed by atoms with van der Waals surface area (Å²) >= 11 is 0. The summed E-state index contributed by atoms with van der Waals surface area (Å²) < 4.78 is 34.0. The van der Waals surface area contributed by atoms with Crippen LogP contribution in [0, 0.1) is 11.6 Å². The fourth-order valence-electron chi connectivity index (χ4n) is 4.48. The first-order valence-electron chi connectivity index (χ1n) is 11.5. The summed E-state index contributed by atoms with van der Waals surface area (Å²) in [4.78, 5) is 28.2. The molecule has 1 amide bonds. The molecule has 2 aromatic heterocycles. The summed E-state index contributed by atoms with van der Waals surface area (Å²) in [5, 5.41) is 2.78. The monoisotopic (exact) mass is 487 g/mol. The first-order valence-corrected chi connectivity index (χ1v) is 11.5. The van der Waals surface area contributed by atoms with Gasteiger partial charge in [0.1, 0.15) is 23.1 Å². The van der Waals surface area contributed by atoms with Crippen LogP contribution in [0.25, 0.3) is 11.4 Å². The molecule has 3 heterocycles. The third-order valence-electron chi connectivity index (χ3n) is 6.11. The number of benzene rings is 2. The highest BCUT2D eigenvalue weighted by molar-refractivity contribution is 6.05. The van der Waals surface area contributed by atoms with Crippen LogP contribution in [0.15, 0.2) is 73.1 Å². The Balaban J connectivity index is 1.46. The highest BCUT2D eigenvalue weighted by Gasteiger charge is 2.29. The van der Waals surface area contributed by atoms with Crippen LogP contribution < -0.4 is 15.0 Å². The number of pyridine rings is 1. The molecular weight excluding hydrogens is 464 g/mol. The van der Waals surface area contributed by atoms with Crippen LogP contribution in [0.3, 0.4) is 0 Å². The lowest BCUT2D eigenvalue weighted by Crippen LogP contribution is -2.25. The van der Waals surface area contributed by atoms with Crippen molar-refractivity contribution in [1.29, 1.82) is 0 Å². The lowest BCUT2D eigenvalue weighted by Gasteiger charge is -2.28. The van der Waals surface area contributed by atoms with Gasteiger partial charge in [-0.05, 0) is 61.4 Å². The molecule has 1 N–H and O–H groups in total. The van der Waals surface area contributed by atoms with Gasteiger partial charge in [0.25, 0.3) is 5.91 Å². The van der Waals surface area contributed by atoms with Crippen molar-refractivity contribution in [2.75, 3.05) is 23.9 Å². The van der Waals surface area contributed by atoms with Gasteiger partial charge in [-0.3, -0.25) is 9.78 Å². The Labute approximate surface area is 206 Å². The zero-order chi connectivity index (χ0) is 25.1. The van der Waals surface area contributed by atoms with Gasteiger partial charge in [-0.15, -0.1) is 0 Å². The van der Waals surface area contributed by atoms with Gasteiger partial charge in [-0.25, -0.2) is 18.7 Å². The predicted molar refractivity (Wildman–Crippen MR) is 132 cm³/mol. The van der Waals surface area contributed by atoms with Gasteiger partial charge in [0, 0.05) is 18.9 Å². The predicted octanol–water partition coefficient (Wildman–Crippen LogP) is 5.42. The van der Waals surface area contributed by atoms with E-state index in [-0.39, 0.29) is 28.9 Å². The van der Waals surface area contributed by atoms with Crippen molar-refractivity contribution in [2.45, 2.75) is 18.9 Å². The molecule has 182 valence electrons. The molecular formula is C27H23F2N5O2. The van der Waals surface area contributed by atoms with Crippen molar-refractivity contribution < 1.29 is 18.3 Å². The van der Waals surface area contributed by atoms with Crippen LogP contribution in [0.2, 0.25) is 0 Å². The van der Waals surface area contributed by atoms with Crippen LogP contribution in [-0.4, -0.2) is 34.5 Å². The summed E-state index contributed by atoms with van der Waals surface area (Å²) in [6, 6.07) is 15.8. The zero-order valence-corrected chi connectivity index (χ0v) is 19.5. The molecule has 36 heavy (non-hydrogen) atoms. The first kappa shape index (κ1) is 23.3. The molecule has 2 aromatic carbocycles. The third kappa shape index (κ3) is 4.59. The number of hydrogen-bond acceptors (Lipinski definition) is 6. The molecule has 7 nitrogen and oxygen atoms in total. The van der Waals surface area contributed by atoms with E-state index in [1.54, 1.807) is 18.3 Å². The minimum atomic E-state index is -0.575. The number of halogens is 2. The first-order chi connectivity index (χ1) is 17.5. The number of aromatic nitrogens is 3. The normalized spacial score (nSPS) is 15.1. The largest absolute Gasteiger partial charge is 0.496 e. The molecule has 0 saturated carbocycles. The van der Waals surface area contributed by atoms with Crippen molar-refractivity contribution in [1.82, 2.24) is 15.0 Å². The summed E-state index contributed by atoms with van der Waals surface area (Å²) in [5.74, 6) is -1.38. The van der Waals surface area contributed by atoms with Crippen molar-refractivity contribution in [3.8, 4) is 17.1 Å². The number of anilines is 2. The molecule has 0 spiro atoms. The minimum Gasteiger partial charge on any atom is -0.496 e. The zero-order valence-electron chi connectivity index (χ0n) is 19.5. The lowest BCUT2D eigenvalue weighted by atomic mass is 10.1. The van der Waals surface area contributed by atoms with Crippen LogP contribution in [0.4, 0.5) is 20.2 Å². The second kappa shape index (κ2) is 10.1. The highest BCUT2D eigenvalue weighted by Crippen LogP contribution is 2.39. The number of hydrogen-bond donors (Lipinski definition) is 1. The number of ether oxygens (including phenoxy) is 1. The van der Waals surface area contributed by atoms with E-state index >= 15 is 0 Å². The van der Waals surface area contributed by atoms with E-state index < -0.39 is 17.5 Å². The Kier molecular flexibility index (Phi) is 6.53. The van der Waals surface area contributed by atoms with Gasteiger partial charge in [0.2, 0.25) is 0 Å². The van der Waals surface area contributed by atoms with Gasteiger partial charge < -0.3 is 15.0 Å². The van der Waals surface area contributed by atoms with E-state index in [0.717, 1.165) is 25.1 Å². The molecule has 0 radical (unpaired) electrons. The number of rotatable bonds is 6. The standard InChI is InChI=1S/C27H23F2N5O2/c1-36-24-9-4-6-18(29)25(24)26-31-14-12-20(32-26)27(35)33-21-16-17(28)10-11-23(21)34-15-5-8-22(34)19-7-2-3-13-30-19/h2-4,6-7,9-14,16,22H,5,8,15H2,1H3,(H,33,35)/t22-/m0/s1.